The quantitative estimate of drug-likeness (QED) is 0.718. The summed E-state index contributed by atoms with van der Waals surface area (Å²) in [5.74, 6) is -0.546. The second-order valence-corrected chi connectivity index (χ2v) is 4.37. The molecule has 0 saturated carbocycles. The lowest BCUT2D eigenvalue weighted by atomic mass is 10.2. The highest BCUT2D eigenvalue weighted by Crippen LogP contribution is 2.12. The number of hydrogen-bond acceptors (Lipinski definition) is 4. The van der Waals surface area contributed by atoms with Crippen LogP contribution in [0.1, 0.15) is 22.5 Å². The minimum atomic E-state index is -2.64. The molecule has 0 aromatic carbocycles. The van der Waals surface area contributed by atoms with Gasteiger partial charge in [-0.1, -0.05) is 0 Å². The molecule has 0 atom stereocenters. The van der Waals surface area contributed by atoms with Crippen LogP contribution in [0.4, 0.5) is 8.78 Å². The average molecular weight is 290 g/mol. The molecule has 0 aliphatic heterocycles. The van der Waals surface area contributed by atoms with E-state index in [2.05, 4.69) is 5.10 Å². The lowest BCUT2D eigenvalue weighted by Gasteiger charge is -2.21. The van der Waals surface area contributed by atoms with E-state index in [1.807, 2.05) is 0 Å². The SMILES string of the molecule is Cc1c(C(=O)N(CCO)CC(F)F)cnn1CCCN. The molecular formula is C12H20F2N4O2. The molecule has 20 heavy (non-hydrogen) atoms. The van der Waals surface area contributed by atoms with Crippen molar-refractivity contribution in [1.29, 1.82) is 0 Å². The summed E-state index contributed by atoms with van der Waals surface area (Å²) in [6.07, 6.45) is -0.560. The molecule has 1 amide bonds. The van der Waals surface area contributed by atoms with Crippen LogP contribution in [0.2, 0.25) is 0 Å². The molecule has 0 unspecified atom stereocenters. The number of amides is 1. The van der Waals surface area contributed by atoms with Gasteiger partial charge in [0.05, 0.1) is 24.9 Å². The molecule has 0 aliphatic rings. The Morgan fingerprint density at radius 1 is 1.60 bits per heavy atom. The van der Waals surface area contributed by atoms with Crippen molar-refractivity contribution in [2.75, 3.05) is 26.2 Å². The summed E-state index contributed by atoms with van der Waals surface area (Å²) in [6.45, 7) is 1.59. The van der Waals surface area contributed by atoms with Crippen LogP contribution in [-0.4, -0.2) is 58.4 Å². The maximum absolute atomic E-state index is 12.4. The number of hydrogen-bond donors (Lipinski definition) is 2. The highest BCUT2D eigenvalue weighted by molar-refractivity contribution is 5.95. The number of carbonyl (C=O) groups is 1. The molecule has 3 N–H and O–H groups in total. The van der Waals surface area contributed by atoms with Gasteiger partial charge < -0.3 is 15.7 Å². The van der Waals surface area contributed by atoms with Crippen molar-refractivity contribution in [2.45, 2.75) is 26.3 Å². The van der Waals surface area contributed by atoms with Gasteiger partial charge in [-0.2, -0.15) is 5.10 Å². The Labute approximate surface area is 116 Å². The molecule has 0 fully saturated rings. The number of aromatic nitrogens is 2. The molecule has 6 nitrogen and oxygen atoms in total. The fourth-order valence-corrected chi connectivity index (χ4v) is 1.86. The number of aryl methyl sites for hydroxylation is 1. The van der Waals surface area contributed by atoms with E-state index in [1.165, 1.54) is 6.20 Å². The Kier molecular flexibility index (Phi) is 6.53. The Bertz CT molecular complexity index is 437. The third-order valence-electron chi connectivity index (χ3n) is 2.92. The normalized spacial score (nSPS) is 11.1. The van der Waals surface area contributed by atoms with Gasteiger partial charge in [0.25, 0.3) is 12.3 Å². The number of aliphatic hydroxyl groups is 1. The number of rotatable bonds is 8. The smallest absolute Gasteiger partial charge is 0.257 e. The molecule has 0 spiro atoms. The maximum atomic E-state index is 12.4. The first-order chi connectivity index (χ1) is 9.51. The van der Waals surface area contributed by atoms with E-state index in [1.54, 1.807) is 11.6 Å². The predicted octanol–water partition coefficient (Wildman–Crippen LogP) is 0.240. The van der Waals surface area contributed by atoms with Crippen LogP contribution in [0.5, 0.6) is 0 Å². The largest absolute Gasteiger partial charge is 0.395 e. The van der Waals surface area contributed by atoms with Crippen molar-refractivity contribution in [3.05, 3.63) is 17.5 Å². The molecule has 8 heteroatoms. The van der Waals surface area contributed by atoms with E-state index < -0.39 is 18.9 Å². The minimum absolute atomic E-state index is 0.128. The van der Waals surface area contributed by atoms with Gasteiger partial charge in [-0.05, 0) is 19.9 Å². The topological polar surface area (TPSA) is 84.4 Å². The fraction of sp³-hybridized carbons (Fsp3) is 0.667. The van der Waals surface area contributed by atoms with Gasteiger partial charge in [-0.3, -0.25) is 9.48 Å². The number of alkyl halides is 2. The van der Waals surface area contributed by atoms with Crippen LogP contribution >= 0.6 is 0 Å². The molecule has 1 heterocycles. The lowest BCUT2D eigenvalue weighted by molar-refractivity contribution is 0.0508. The fourth-order valence-electron chi connectivity index (χ4n) is 1.86. The predicted molar refractivity (Wildman–Crippen MR) is 69.6 cm³/mol. The van der Waals surface area contributed by atoms with Crippen molar-refractivity contribution in [3.63, 3.8) is 0 Å². The van der Waals surface area contributed by atoms with E-state index in [4.69, 9.17) is 10.8 Å². The average Bonchev–Trinajstić information content (AvgIpc) is 2.76. The third kappa shape index (κ3) is 4.24. The Balaban J connectivity index is 2.85. The van der Waals surface area contributed by atoms with Gasteiger partial charge in [0.1, 0.15) is 0 Å². The molecule has 0 bridgehead atoms. The number of halogens is 2. The summed E-state index contributed by atoms with van der Waals surface area (Å²) in [7, 11) is 0. The van der Waals surface area contributed by atoms with Crippen LogP contribution in [0.25, 0.3) is 0 Å². The number of nitrogens with two attached hydrogens (primary N) is 1. The van der Waals surface area contributed by atoms with E-state index in [0.29, 0.717) is 25.2 Å². The van der Waals surface area contributed by atoms with Crippen LogP contribution in [0.3, 0.4) is 0 Å². The maximum Gasteiger partial charge on any atom is 0.257 e. The van der Waals surface area contributed by atoms with Crippen LogP contribution in [0, 0.1) is 6.92 Å². The van der Waals surface area contributed by atoms with Crippen molar-refractivity contribution in [3.8, 4) is 0 Å². The standard InChI is InChI=1S/C12H20F2N4O2/c1-9-10(7-16-18(9)4-2-3-15)12(20)17(5-6-19)8-11(13)14/h7,11,19H,2-6,8,15H2,1H3. The molecule has 0 saturated heterocycles. The van der Waals surface area contributed by atoms with Crippen molar-refractivity contribution in [1.82, 2.24) is 14.7 Å². The van der Waals surface area contributed by atoms with Crippen LogP contribution in [0.15, 0.2) is 6.20 Å². The van der Waals surface area contributed by atoms with E-state index in [9.17, 15) is 13.6 Å². The highest BCUT2D eigenvalue weighted by atomic mass is 19.3. The molecule has 1 rings (SSSR count). The third-order valence-corrected chi connectivity index (χ3v) is 2.92. The summed E-state index contributed by atoms with van der Waals surface area (Å²) in [4.78, 5) is 13.1. The molecule has 1 aromatic rings. The molecule has 0 radical (unpaired) electrons. The molecular weight excluding hydrogens is 270 g/mol. The van der Waals surface area contributed by atoms with Crippen LogP contribution in [-0.2, 0) is 6.54 Å². The Morgan fingerprint density at radius 3 is 2.85 bits per heavy atom. The first-order valence-electron chi connectivity index (χ1n) is 6.42. The number of carbonyl (C=O) groups excluding carboxylic acids is 1. The minimum Gasteiger partial charge on any atom is -0.395 e. The van der Waals surface area contributed by atoms with Gasteiger partial charge >= 0.3 is 0 Å². The lowest BCUT2D eigenvalue weighted by Crippen LogP contribution is -2.37. The first-order valence-corrected chi connectivity index (χ1v) is 6.42. The number of nitrogens with zero attached hydrogens (tertiary/aromatic N) is 3. The van der Waals surface area contributed by atoms with Gasteiger partial charge in [0.15, 0.2) is 0 Å². The molecule has 1 aromatic heterocycles. The van der Waals surface area contributed by atoms with Gasteiger partial charge in [-0.25, -0.2) is 8.78 Å². The van der Waals surface area contributed by atoms with Gasteiger partial charge in [0.2, 0.25) is 0 Å². The van der Waals surface area contributed by atoms with E-state index in [-0.39, 0.29) is 18.7 Å². The molecule has 0 aliphatic carbocycles. The van der Waals surface area contributed by atoms with Crippen molar-refractivity contribution < 1.29 is 18.7 Å². The van der Waals surface area contributed by atoms with Crippen LogP contribution < -0.4 is 5.73 Å². The van der Waals surface area contributed by atoms with Crippen molar-refractivity contribution >= 4 is 5.91 Å². The zero-order valence-corrected chi connectivity index (χ0v) is 11.4. The Hall–Kier alpha value is -1.54. The summed E-state index contributed by atoms with van der Waals surface area (Å²) in [5.41, 5.74) is 6.29. The van der Waals surface area contributed by atoms with Gasteiger partial charge in [-0.15, -0.1) is 0 Å². The summed E-state index contributed by atoms with van der Waals surface area (Å²) < 4.78 is 26.5. The second-order valence-electron chi connectivity index (χ2n) is 4.37. The zero-order valence-electron chi connectivity index (χ0n) is 11.4. The van der Waals surface area contributed by atoms with Gasteiger partial charge in [0, 0.05) is 18.8 Å². The monoisotopic (exact) mass is 290 g/mol. The first kappa shape index (κ1) is 16.5. The summed E-state index contributed by atoms with van der Waals surface area (Å²) in [5, 5.41) is 12.9. The summed E-state index contributed by atoms with van der Waals surface area (Å²) >= 11 is 0. The van der Waals surface area contributed by atoms with Crippen molar-refractivity contribution in [2.24, 2.45) is 5.73 Å². The molecule has 114 valence electrons. The van der Waals surface area contributed by atoms with E-state index in [0.717, 1.165) is 4.90 Å². The van der Waals surface area contributed by atoms with E-state index >= 15 is 0 Å². The summed E-state index contributed by atoms with van der Waals surface area (Å²) in [6, 6.07) is 0. The number of aliphatic hydroxyl groups excluding tert-OH is 1. The Morgan fingerprint density at radius 2 is 2.30 bits per heavy atom. The highest BCUT2D eigenvalue weighted by Gasteiger charge is 2.22. The zero-order chi connectivity index (χ0) is 15.1. The second kappa shape index (κ2) is 7.91.